The molecule has 0 aliphatic carbocycles. The van der Waals surface area contributed by atoms with Crippen molar-refractivity contribution < 1.29 is 9.47 Å². The van der Waals surface area contributed by atoms with Crippen LogP contribution in [-0.4, -0.2) is 39.6 Å². The van der Waals surface area contributed by atoms with E-state index in [1.54, 1.807) is 0 Å². The highest BCUT2D eigenvalue weighted by molar-refractivity contribution is 5.44. The van der Waals surface area contributed by atoms with Crippen molar-refractivity contribution in [3.63, 3.8) is 0 Å². The molecule has 0 amide bonds. The molecule has 0 radical (unpaired) electrons. The van der Waals surface area contributed by atoms with Crippen LogP contribution >= 0.6 is 0 Å². The quantitative estimate of drug-likeness (QED) is 0.863. The maximum atomic E-state index is 5.82. The van der Waals surface area contributed by atoms with Gasteiger partial charge in [0.15, 0.2) is 11.5 Å². The van der Waals surface area contributed by atoms with Gasteiger partial charge in [-0.1, -0.05) is 6.07 Å². The molecule has 0 unspecified atom stereocenters. The summed E-state index contributed by atoms with van der Waals surface area (Å²) in [6, 6.07) is 6.51. The fourth-order valence-electron chi connectivity index (χ4n) is 3.49. The Morgan fingerprint density at radius 1 is 1.00 bits per heavy atom. The minimum absolute atomic E-state index is 0.161. The van der Waals surface area contributed by atoms with Crippen LogP contribution in [0.15, 0.2) is 18.2 Å². The van der Waals surface area contributed by atoms with Gasteiger partial charge in [0.1, 0.15) is 5.82 Å². The van der Waals surface area contributed by atoms with Gasteiger partial charge in [-0.15, -0.1) is 0 Å². The van der Waals surface area contributed by atoms with Crippen LogP contribution in [0.4, 0.5) is 11.9 Å². The largest absolute Gasteiger partial charge is 0.490 e. The van der Waals surface area contributed by atoms with Crippen LogP contribution < -0.4 is 20.9 Å². The molecule has 1 saturated heterocycles. The highest BCUT2D eigenvalue weighted by atomic mass is 16.5. The second-order valence-electron chi connectivity index (χ2n) is 6.35. The zero-order valence-corrected chi connectivity index (χ0v) is 14.0. The third kappa shape index (κ3) is 3.43. The van der Waals surface area contributed by atoms with E-state index in [-0.39, 0.29) is 17.9 Å². The highest BCUT2D eigenvalue weighted by Crippen LogP contribution is 2.38. The molecule has 1 atom stereocenters. The zero-order chi connectivity index (χ0) is 17.2. The van der Waals surface area contributed by atoms with Crippen LogP contribution in [0.5, 0.6) is 11.5 Å². The van der Waals surface area contributed by atoms with Crippen molar-refractivity contribution >= 4 is 11.9 Å². The highest BCUT2D eigenvalue weighted by Gasteiger charge is 2.28. The molecule has 1 aromatic carbocycles. The molecule has 132 valence electrons. The van der Waals surface area contributed by atoms with Crippen LogP contribution in [0.25, 0.3) is 0 Å². The summed E-state index contributed by atoms with van der Waals surface area (Å²) < 4.78 is 11.5. The Morgan fingerprint density at radius 2 is 1.76 bits per heavy atom. The first kappa shape index (κ1) is 15.9. The molecular formula is C17H22N6O2. The Hall–Kier alpha value is -2.61. The molecule has 0 bridgehead atoms. The Bertz CT molecular complexity index is 749. The monoisotopic (exact) mass is 342 g/mol. The minimum atomic E-state index is 0.161. The number of rotatable bonds is 3. The van der Waals surface area contributed by atoms with E-state index in [1.165, 1.54) is 5.56 Å². The van der Waals surface area contributed by atoms with Gasteiger partial charge in [0.25, 0.3) is 0 Å². The summed E-state index contributed by atoms with van der Waals surface area (Å²) in [6.45, 7) is 2.96. The summed E-state index contributed by atoms with van der Waals surface area (Å²) >= 11 is 0. The predicted octanol–water partition coefficient (Wildman–Crippen LogP) is 1.53. The standard InChI is InChI=1S/C17H22N6O2/c18-16-20-15(21-17(19)22-16)10-23-6-1-3-12(23)11-4-5-13-14(9-11)25-8-2-7-24-13/h4-5,9,12H,1-3,6-8,10H2,(H4,18,19,20,21,22)/t12-/m0/s1. The Morgan fingerprint density at radius 3 is 2.56 bits per heavy atom. The molecule has 0 spiro atoms. The Kier molecular flexibility index (Phi) is 4.27. The lowest BCUT2D eigenvalue weighted by molar-refractivity contribution is 0.241. The number of aromatic nitrogens is 3. The van der Waals surface area contributed by atoms with E-state index in [1.807, 2.05) is 6.07 Å². The maximum Gasteiger partial charge on any atom is 0.225 e. The molecule has 4 rings (SSSR count). The van der Waals surface area contributed by atoms with Gasteiger partial charge in [-0.2, -0.15) is 15.0 Å². The number of hydrogen-bond acceptors (Lipinski definition) is 8. The molecule has 4 N–H and O–H groups in total. The first-order valence-corrected chi connectivity index (χ1v) is 8.58. The third-order valence-electron chi connectivity index (χ3n) is 4.58. The lowest BCUT2D eigenvalue weighted by atomic mass is 10.0. The molecule has 2 aromatic rings. The van der Waals surface area contributed by atoms with E-state index in [4.69, 9.17) is 20.9 Å². The van der Waals surface area contributed by atoms with Crippen LogP contribution in [0.3, 0.4) is 0 Å². The number of nitrogens with two attached hydrogens (primary N) is 2. The van der Waals surface area contributed by atoms with Crippen molar-refractivity contribution in [2.45, 2.75) is 31.8 Å². The summed E-state index contributed by atoms with van der Waals surface area (Å²) in [5.41, 5.74) is 12.6. The van der Waals surface area contributed by atoms with E-state index in [2.05, 4.69) is 32.0 Å². The molecule has 0 saturated carbocycles. The van der Waals surface area contributed by atoms with Gasteiger partial charge in [0.05, 0.1) is 19.8 Å². The topological polar surface area (TPSA) is 112 Å². The molecule has 2 aliphatic heterocycles. The van der Waals surface area contributed by atoms with Crippen LogP contribution in [0.1, 0.15) is 36.7 Å². The molecular weight excluding hydrogens is 320 g/mol. The predicted molar refractivity (Wildman–Crippen MR) is 93.1 cm³/mol. The SMILES string of the molecule is Nc1nc(N)nc(CN2CCC[C@H]2c2ccc3c(c2)OCCCO3)n1. The molecule has 3 heterocycles. The van der Waals surface area contributed by atoms with Crippen molar-refractivity contribution in [1.29, 1.82) is 0 Å². The summed E-state index contributed by atoms with van der Waals surface area (Å²) in [5, 5.41) is 0. The molecule has 25 heavy (non-hydrogen) atoms. The first-order valence-electron chi connectivity index (χ1n) is 8.58. The van der Waals surface area contributed by atoms with Gasteiger partial charge in [-0.3, -0.25) is 4.90 Å². The van der Waals surface area contributed by atoms with Crippen LogP contribution in [0, 0.1) is 0 Å². The molecule has 2 aliphatic rings. The summed E-state index contributed by atoms with van der Waals surface area (Å²) in [7, 11) is 0. The van der Waals surface area contributed by atoms with Crippen molar-refractivity contribution in [1.82, 2.24) is 19.9 Å². The van der Waals surface area contributed by atoms with Crippen LogP contribution in [-0.2, 0) is 6.54 Å². The van der Waals surface area contributed by atoms with E-state index in [0.717, 1.165) is 37.3 Å². The Labute approximate surface area is 146 Å². The summed E-state index contributed by atoms with van der Waals surface area (Å²) in [5.74, 6) is 2.58. The number of ether oxygens (including phenoxy) is 2. The normalized spacial score (nSPS) is 20.4. The van der Waals surface area contributed by atoms with Crippen molar-refractivity contribution in [3.8, 4) is 11.5 Å². The fraction of sp³-hybridized carbons (Fsp3) is 0.471. The van der Waals surface area contributed by atoms with Crippen molar-refractivity contribution in [2.75, 3.05) is 31.2 Å². The number of nitrogen functional groups attached to an aromatic ring is 2. The average molecular weight is 342 g/mol. The first-order chi connectivity index (χ1) is 12.2. The Balaban J connectivity index is 1.56. The van der Waals surface area contributed by atoms with E-state index in [0.29, 0.717) is 25.6 Å². The number of likely N-dealkylation sites (tertiary alicyclic amines) is 1. The second kappa shape index (κ2) is 6.72. The number of hydrogen-bond donors (Lipinski definition) is 2. The van der Waals surface area contributed by atoms with E-state index >= 15 is 0 Å². The van der Waals surface area contributed by atoms with Gasteiger partial charge < -0.3 is 20.9 Å². The number of nitrogens with zero attached hydrogens (tertiary/aromatic N) is 4. The van der Waals surface area contributed by atoms with Gasteiger partial charge in [-0.25, -0.2) is 0 Å². The van der Waals surface area contributed by atoms with Gasteiger partial charge in [0.2, 0.25) is 11.9 Å². The van der Waals surface area contributed by atoms with E-state index < -0.39 is 0 Å². The minimum Gasteiger partial charge on any atom is -0.490 e. The molecule has 8 nitrogen and oxygen atoms in total. The second-order valence-corrected chi connectivity index (χ2v) is 6.35. The zero-order valence-electron chi connectivity index (χ0n) is 14.0. The smallest absolute Gasteiger partial charge is 0.225 e. The molecule has 1 aromatic heterocycles. The number of benzene rings is 1. The number of fused-ring (bicyclic) bond motifs is 1. The molecule has 1 fully saturated rings. The van der Waals surface area contributed by atoms with E-state index in [9.17, 15) is 0 Å². The van der Waals surface area contributed by atoms with Gasteiger partial charge >= 0.3 is 0 Å². The fourth-order valence-corrected chi connectivity index (χ4v) is 3.49. The van der Waals surface area contributed by atoms with Gasteiger partial charge in [0, 0.05) is 12.5 Å². The average Bonchev–Trinajstić information content (AvgIpc) is 2.89. The number of anilines is 2. The maximum absolute atomic E-state index is 5.82. The van der Waals surface area contributed by atoms with Crippen LogP contribution in [0.2, 0.25) is 0 Å². The summed E-state index contributed by atoms with van der Waals surface area (Å²) in [6.07, 6.45) is 3.10. The van der Waals surface area contributed by atoms with Crippen molar-refractivity contribution in [3.05, 3.63) is 29.6 Å². The third-order valence-corrected chi connectivity index (χ3v) is 4.58. The van der Waals surface area contributed by atoms with Crippen molar-refractivity contribution in [2.24, 2.45) is 0 Å². The lowest BCUT2D eigenvalue weighted by Gasteiger charge is -2.24. The summed E-state index contributed by atoms with van der Waals surface area (Å²) in [4.78, 5) is 14.6. The molecule has 8 heteroatoms. The lowest BCUT2D eigenvalue weighted by Crippen LogP contribution is -2.24. The van der Waals surface area contributed by atoms with Gasteiger partial charge in [-0.05, 0) is 37.1 Å².